The van der Waals surface area contributed by atoms with E-state index in [1.807, 2.05) is 30.3 Å². The molecular formula is C17H25N3O. The number of nitrogens with one attached hydrogen (secondary N) is 1. The number of nitrogens with two attached hydrogens (primary N) is 1. The fourth-order valence-electron chi connectivity index (χ4n) is 2.59. The van der Waals surface area contributed by atoms with Crippen molar-refractivity contribution in [3.05, 3.63) is 35.9 Å². The zero-order valence-electron chi connectivity index (χ0n) is 12.9. The minimum atomic E-state index is -0.0187. The zero-order chi connectivity index (χ0) is 15.2. The van der Waals surface area contributed by atoms with Gasteiger partial charge in [0.25, 0.3) is 0 Å². The first-order valence-electron chi connectivity index (χ1n) is 7.63. The van der Waals surface area contributed by atoms with Crippen LogP contribution in [0.5, 0.6) is 0 Å². The van der Waals surface area contributed by atoms with Crippen LogP contribution >= 0.6 is 0 Å². The van der Waals surface area contributed by atoms with Crippen LogP contribution in [0.2, 0.25) is 0 Å². The summed E-state index contributed by atoms with van der Waals surface area (Å²) in [6.07, 6.45) is 5.47. The summed E-state index contributed by atoms with van der Waals surface area (Å²) in [5, 5.41) is 3.08. The maximum absolute atomic E-state index is 11.9. The molecule has 1 saturated heterocycles. The molecule has 0 spiro atoms. The number of hydrogen-bond acceptors (Lipinski definition) is 3. The van der Waals surface area contributed by atoms with E-state index in [-0.39, 0.29) is 5.91 Å². The largest absolute Gasteiger partial charge is 0.399 e. The topological polar surface area (TPSA) is 58.4 Å². The van der Waals surface area contributed by atoms with Gasteiger partial charge in [0.15, 0.2) is 0 Å². The third kappa shape index (κ3) is 4.90. The molecule has 114 valence electrons. The Morgan fingerprint density at radius 3 is 2.48 bits per heavy atom. The lowest BCUT2D eigenvalue weighted by Crippen LogP contribution is -2.46. The monoisotopic (exact) mass is 287 g/mol. The lowest BCUT2D eigenvalue weighted by molar-refractivity contribution is -0.117. The van der Waals surface area contributed by atoms with E-state index >= 15 is 0 Å². The molecule has 1 aliphatic rings. The molecule has 4 nitrogen and oxygen atoms in total. The van der Waals surface area contributed by atoms with Crippen LogP contribution in [0.4, 0.5) is 5.69 Å². The zero-order valence-corrected chi connectivity index (χ0v) is 12.9. The second kappa shape index (κ2) is 7.27. The van der Waals surface area contributed by atoms with Crippen molar-refractivity contribution in [2.45, 2.75) is 38.8 Å². The molecule has 1 aromatic rings. The molecule has 0 saturated carbocycles. The van der Waals surface area contributed by atoms with Gasteiger partial charge in [-0.05, 0) is 50.5 Å². The summed E-state index contributed by atoms with van der Waals surface area (Å²) in [5.74, 6) is -0.0187. The number of likely N-dealkylation sites (tertiary alicyclic amines) is 1. The average molecular weight is 287 g/mol. The van der Waals surface area contributed by atoms with Gasteiger partial charge in [-0.15, -0.1) is 0 Å². The van der Waals surface area contributed by atoms with E-state index in [0.29, 0.717) is 12.1 Å². The van der Waals surface area contributed by atoms with Gasteiger partial charge in [0.1, 0.15) is 0 Å². The first kappa shape index (κ1) is 15.6. The molecule has 2 rings (SSSR count). The van der Waals surface area contributed by atoms with Gasteiger partial charge in [-0.2, -0.15) is 0 Å². The summed E-state index contributed by atoms with van der Waals surface area (Å²) < 4.78 is 0. The first-order valence-corrected chi connectivity index (χ1v) is 7.63. The summed E-state index contributed by atoms with van der Waals surface area (Å²) in [7, 11) is 0. The van der Waals surface area contributed by atoms with Crippen LogP contribution in [-0.2, 0) is 4.79 Å². The molecular weight excluding hydrogens is 262 g/mol. The van der Waals surface area contributed by atoms with E-state index in [1.165, 1.54) is 0 Å². The van der Waals surface area contributed by atoms with E-state index in [1.54, 1.807) is 6.08 Å². The molecule has 1 fully saturated rings. The van der Waals surface area contributed by atoms with Gasteiger partial charge in [0.2, 0.25) is 5.91 Å². The van der Waals surface area contributed by atoms with Gasteiger partial charge in [-0.3, -0.25) is 4.79 Å². The van der Waals surface area contributed by atoms with E-state index in [4.69, 9.17) is 5.73 Å². The van der Waals surface area contributed by atoms with Gasteiger partial charge in [0, 0.05) is 36.9 Å². The summed E-state index contributed by atoms with van der Waals surface area (Å²) >= 11 is 0. The molecule has 0 unspecified atom stereocenters. The normalized spacial score (nSPS) is 17.5. The maximum Gasteiger partial charge on any atom is 0.244 e. The molecule has 0 aliphatic carbocycles. The Hall–Kier alpha value is -1.81. The minimum Gasteiger partial charge on any atom is -0.399 e. The fraction of sp³-hybridized carbons (Fsp3) is 0.471. The number of nitrogen functional groups attached to an aromatic ring is 1. The van der Waals surface area contributed by atoms with Crippen LogP contribution in [0, 0.1) is 0 Å². The molecule has 1 aromatic carbocycles. The van der Waals surface area contributed by atoms with Crippen LogP contribution in [0.3, 0.4) is 0 Å². The first-order chi connectivity index (χ1) is 10.0. The molecule has 3 N–H and O–H groups in total. The number of carbonyl (C=O) groups is 1. The molecule has 1 aliphatic heterocycles. The lowest BCUT2D eigenvalue weighted by Gasteiger charge is -2.34. The standard InChI is InChI=1S/C17H25N3O/c1-13(2)20-11-9-16(10-12-20)19-17(21)8-5-14-3-6-15(18)7-4-14/h3-8,13,16H,9-12,18H2,1-2H3,(H,19,21)/b8-5+. The number of carbonyl (C=O) groups excluding carboxylic acids is 1. The molecule has 0 aromatic heterocycles. The second-order valence-corrected chi connectivity index (χ2v) is 5.91. The predicted octanol–water partition coefficient (Wildman–Crippen LogP) is 2.27. The number of anilines is 1. The van der Waals surface area contributed by atoms with Crippen molar-refractivity contribution < 1.29 is 4.79 Å². The smallest absolute Gasteiger partial charge is 0.244 e. The van der Waals surface area contributed by atoms with E-state index in [2.05, 4.69) is 24.1 Å². The van der Waals surface area contributed by atoms with Crippen LogP contribution in [-0.4, -0.2) is 36.0 Å². The van der Waals surface area contributed by atoms with Crippen LogP contribution in [0.1, 0.15) is 32.3 Å². The van der Waals surface area contributed by atoms with Crippen molar-refractivity contribution in [2.75, 3.05) is 18.8 Å². The van der Waals surface area contributed by atoms with Gasteiger partial charge in [0.05, 0.1) is 0 Å². The Bertz CT molecular complexity index is 485. The van der Waals surface area contributed by atoms with E-state index in [9.17, 15) is 4.79 Å². The van der Waals surface area contributed by atoms with Crippen molar-refractivity contribution >= 4 is 17.7 Å². The van der Waals surface area contributed by atoms with Crippen molar-refractivity contribution in [1.29, 1.82) is 0 Å². The van der Waals surface area contributed by atoms with Crippen LogP contribution in [0.15, 0.2) is 30.3 Å². The second-order valence-electron chi connectivity index (χ2n) is 5.91. The Morgan fingerprint density at radius 1 is 1.29 bits per heavy atom. The maximum atomic E-state index is 11.9. The number of piperidine rings is 1. The predicted molar refractivity (Wildman–Crippen MR) is 87.8 cm³/mol. The highest BCUT2D eigenvalue weighted by Crippen LogP contribution is 2.13. The quantitative estimate of drug-likeness (QED) is 0.660. The third-order valence-corrected chi connectivity index (χ3v) is 3.97. The highest BCUT2D eigenvalue weighted by atomic mass is 16.1. The SMILES string of the molecule is CC(C)N1CCC(NC(=O)/C=C/c2ccc(N)cc2)CC1. The number of hydrogen-bond donors (Lipinski definition) is 2. The Labute approximate surface area is 127 Å². The molecule has 0 atom stereocenters. The number of amides is 1. The highest BCUT2D eigenvalue weighted by Gasteiger charge is 2.21. The van der Waals surface area contributed by atoms with E-state index < -0.39 is 0 Å². The van der Waals surface area contributed by atoms with Gasteiger partial charge < -0.3 is 16.0 Å². The molecule has 1 amide bonds. The van der Waals surface area contributed by atoms with Gasteiger partial charge in [-0.25, -0.2) is 0 Å². The highest BCUT2D eigenvalue weighted by molar-refractivity contribution is 5.91. The van der Waals surface area contributed by atoms with Gasteiger partial charge >= 0.3 is 0 Å². The van der Waals surface area contributed by atoms with Crippen LogP contribution < -0.4 is 11.1 Å². The number of benzene rings is 1. The molecule has 1 heterocycles. The Morgan fingerprint density at radius 2 is 1.90 bits per heavy atom. The average Bonchev–Trinajstić information content (AvgIpc) is 2.47. The van der Waals surface area contributed by atoms with Crippen molar-refractivity contribution in [3.8, 4) is 0 Å². The molecule has 0 bridgehead atoms. The fourth-order valence-corrected chi connectivity index (χ4v) is 2.59. The summed E-state index contributed by atoms with van der Waals surface area (Å²) in [6, 6.07) is 8.36. The third-order valence-electron chi connectivity index (χ3n) is 3.97. The van der Waals surface area contributed by atoms with E-state index in [0.717, 1.165) is 37.2 Å². The Kier molecular flexibility index (Phi) is 5.39. The summed E-state index contributed by atoms with van der Waals surface area (Å²) in [6.45, 7) is 6.55. The van der Waals surface area contributed by atoms with Crippen molar-refractivity contribution in [3.63, 3.8) is 0 Å². The number of nitrogens with zero attached hydrogens (tertiary/aromatic N) is 1. The van der Waals surface area contributed by atoms with Crippen LogP contribution in [0.25, 0.3) is 6.08 Å². The van der Waals surface area contributed by atoms with Gasteiger partial charge in [-0.1, -0.05) is 12.1 Å². The van der Waals surface area contributed by atoms with Crippen molar-refractivity contribution in [1.82, 2.24) is 10.2 Å². The summed E-state index contributed by atoms with van der Waals surface area (Å²) in [5.41, 5.74) is 7.34. The number of rotatable bonds is 4. The molecule has 4 heteroatoms. The molecule has 21 heavy (non-hydrogen) atoms. The minimum absolute atomic E-state index is 0.0187. The lowest BCUT2D eigenvalue weighted by atomic mass is 10.0. The summed E-state index contributed by atoms with van der Waals surface area (Å²) in [4.78, 5) is 14.4. The Balaban J connectivity index is 1.78. The van der Waals surface area contributed by atoms with Crippen molar-refractivity contribution in [2.24, 2.45) is 0 Å². The molecule has 0 radical (unpaired) electrons.